The Hall–Kier alpha value is -1.41. The second kappa shape index (κ2) is 4.69. The Morgan fingerprint density at radius 3 is 2.89 bits per heavy atom. The molecule has 2 heterocycles. The molecule has 1 aliphatic heterocycles. The van der Waals surface area contributed by atoms with Crippen molar-refractivity contribution in [2.75, 3.05) is 18.6 Å². The van der Waals surface area contributed by atoms with Gasteiger partial charge in [0.1, 0.15) is 6.26 Å². The number of carboxylic acid groups (broad SMARTS) is 1. The molecule has 0 amide bonds. The van der Waals surface area contributed by atoms with Crippen molar-refractivity contribution >= 4 is 15.8 Å². The lowest BCUT2D eigenvalue weighted by Crippen LogP contribution is -2.32. The minimum atomic E-state index is -2.93. The van der Waals surface area contributed by atoms with E-state index in [0.29, 0.717) is 13.0 Å². The lowest BCUT2D eigenvalue weighted by molar-refractivity contribution is 0.0690. The summed E-state index contributed by atoms with van der Waals surface area (Å²) in [6.45, 7) is 0.299. The van der Waals surface area contributed by atoms with Gasteiger partial charge in [0, 0.05) is 6.04 Å². The predicted octanol–water partition coefficient (Wildman–Crippen LogP) is -0.00830. The zero-order chi connectivity index (χ0) is 13.3. The van der Waals surface area contributed by atoms with Gasteiger partial charge < -0.3 is 9.52 Å². The van der Waals surface area contributed by atoms with E-state index in [-0.39, 0.29) is 29.1 Å². The lowest BCUT2D eigenvalue weighted by atomic mass is 10.2. The monoisotopic (exact) mass is 274 g/mol. The zero-order valence-corrected chi connectivity index (χ0v) is 10.7. The van der Waals surface area contributed by atoms with Crippen LogP contribution in [0.4, 0.5) is 0 Å². The molecule has 1 aromatic rings. The molecule has 1 aromatic heterocycles. The van der Waals surface area contributed by atoms with Gasteiger partial charge >= 0.3 is 5.97 Å². The molecule has 0 saturated carbocycles. The molecule has 0 spiro atoms. The van der Waals surface area contributed by atoms with E-state index in [1.165, 1.54) is 0 Å². The van der Waals surface area contributed by atoms with E-state index in [9.17, 15) is 13.2 Å². The van der Waals surface area contributed by atoms with Crippen molar-refractivity contribution in [2.45, 2.75) is 19.0 Å². The molecule has 0 aliphatic carbocycles. The Bertz CT molecular complexity index is 550. The van der Waals surface area contributed by atoms with Crippen LogP contribution >= 0.6 is 0 Å². The predicted molar refractivity (Wildman–Crippen MR) is 62.0 cm³/mol. The number of rotatable bonds is 4. The summed E-state index contributed by atoms with van der Waals surface area (Å²) in [5.74, 6) is -0.528. The third-order valence-corrected chi connectivity index (χ3v) is 4.74. The van der Waals surface area contributed by atoms with E-state index in [2.05, 4.69) is 4.98 Å². The first kappa shape index (κ1) is 13.0. The quantitative estimate of drug-likeness (QED) is 0.824. The first-order valence-electron chi connectivity index (χ1n) is 5.46. The number of carboxylic acids is 1. The number of oxazole rings is 1. The summed E-state index contributed by atoms with van der Waals surface area (Å²) in [5.41, 5.74) is -0.141. The highest BCUT2D eigenvalue weighted by atomic mass is 32.2. The van der Waals surface area contributed by atoms with Gasteiger partial charge in [-0.05, 0) is 13.5 Å². The summed E-state index contributed by atoms with van der Waals surface area (Å²) in [4.78, 5) is 16.2. The van der Waals surface area contributed by atoms with Crippen molar-refractivity contribution in [3.8, 4) is 0 Å². The molecule has 2 rings (SSSR count). The Kier molecular flexibility index (Phi) is 3.40. The fourth-order valence-electron chi connectivity index (χ4n) is 1.95. The molecule has 7 nitrogen and oxygen atoms in total. The number of sulfone groups is 1. The minimum Gasteiger partial charge on any atom is -0.476 e. The Labute approximate surface area is 104 Å². The van der Waals surface area contributed by atoms with Crippen LogP contribution in [0.25, 0.3) is 0 Å². The molecular formula is C10H14N2O5S. The molecule has 1 unspecified atom stereocenters. The van der Waals surface area contributed by atoms with Gasteiger partial charge in [0.15, 0.2) is 15.5 Å². The van der Waals surface area contributed by atoms with Crippen molar-refractivity contribution < 1.29 is 22.7 Å². The summed E-state index contributed by atoms with van der Waals surface area (Å²) < 4.78 is 27.7. The molecule has 100 valence electrons. The van der Waals surface area contributed by atoms with Gasteiger partial charge in [-0.3, -0.25) is 4.90 Å². The third kappa shape index (κ3) is 2.88. The normalized spacial score (nSPS) is 22.4. The highest BCUT2D eigenvalue weighted by Gasteiger charge is 2.31. The maximum Gasteiger partial charge on any atom is 0.357 e. The molecule has 1 saturated heterocycles. The molecule has 0 radical (unpaired) electrons. The van der Waals surface area contributed by atoms with Gasteiger partial charge in [0.05, 0.1) is 18.1 Å². The summed E-state index contributed by atoms with van der Waals surface area (Å²) in [7, 11) is -1.15. The van der Waals surface area contributed by atoms with Crippen molar-refractivity contribution in [3.63, 3.8) is 0 Å². The Morgan fingerprint density at radius 1 is 1.67 bits per heavy atom. The summed E-state index contributed by atoms with van der Waals surface area (Å²) >= 11 is 0. The van der Waals surface area contributed by atoms with Gasteiger partial charge in [0.2, 0.25) is 5.89 Å². The van der Waals surface area contributed by atoms with Crippen LogP contribution in [0.1, 0.15) is 22.8 Å². The van der Waals surface area contributed by atoms with E-state index >= 15 is 0 Å². The SMILES string of the molecule is CN(Cc1nc(C(=O)O)co1)C1CCS(=O)(=O)C1. The maximum absolute atomic E-state index is 11.3. The second-order valence-corrected chi connectivity index (χ2v) is 6.63. The van der Waals surface area contributed by atoms with Crippen LogP contribution in [0.15, 0.2) is 10.7 Å². The number of aromatic nitrogens is 1. The molecule has 0 bridgehead atoms. The van der Waals surface area contributed by atoms with Crippen LogP contribution in [0.3, 0.4) is 0 Å². The summed E-state index contributed by atoms with van der Waals surface area (Å²) in [6, 6.07) is -0.0600. The Morgan fingerprint density at radius 2 is 2.39 bits per heavy atom. The van der Waals surface area contributed by atoms with Gasteiger partial charge in [-0.25, -0.2) is 18.2 Å². The number of aromatic carboxylic acids is 1. The standard InChI is InChI=1S/C10H14N2O5S/c1-12(7-2-3-18(15,16)6-7)4-9-11-8(5-17-9)10(13)14/h5,7H,2-4,6H2,1H3,(H,13,14). The van der Waals surface area contributed by atoms with Gasteiger partial charge in [-0.1, -0.05) is 0 Å². The highest BCUT2D eigenvalue weighted by molar-refractivity contribution is 7.91. The molecule has 1 N–H and O–H groups in total. The number of carbonyl (C=O) groups is 1. The minimum absolute atomic E-state index is 0.0600. The number of nitrogens with zero attached hydrogens (tertiary/aromatic N) is 2. The second-order valence-electron chi connectivity index (χ2n) is 4.40. The number of hydrogen-bond acceptors (Lipinski definition) is 6. The highest BCUT2D eigenvalue weighted by Crippen LogP contribution is 2.18. The average Bonchev–Trinajstić information content (AvgIpc) is 2.84. The molecule has 1 fully saturated rings. The van der Waals surface area contributed by atoms with E-state index in [0.717, 1.165) is 6.26 Å². The van der Waals surface area contributed by atoms with Gasteiger partial charge in [0.25, 0.3) is 0 Å². The smallest absolute Gasteiger partial charge is 0.357 e. The largest absolute Gasteiger partial charge is 0.476 e. The molecular weight excluding hydrogens is 260 g/mol. The van der Waals surface area contributed by atoms with Crippen molar-refractivity contribution in [3.05, 3.63) is 17.8 Å². The fraction of sp³-hybridized carbons (Fsp3) is 0.600. The fourth-order valence-corrected chi connectivity index (χ4v) is 3.75. The third-order valence-electron chi connectivity index (χ3n) is 2.99. The van der Waals surface area contributed by atoms with Crippen molar-refractivity contribution in [2.24, 2.45) is 0 Å². The van der Waals surface area contributed by atoms with E-state index in [1.54, 1.807) is 7.05 Å². The Balaban J connectivity index is 1.99. The summed E-state index contributed by atoms with van der Waals surface area (Å²) in [6.07, 6.45) is 1.67. The van der Waals surface area contributed by atoms with E-state index < -0.39 is 15.8 Å². The van der Waals surface area contributed by atoms with Crippen molar-refractivity contribution in [1.29, 1.82) is 0 Å². The summed E-state index contributed by atoms with van der Waals surface area (Å²) in [5, 5.41) is 8.70. The first-order valence-corrected chi connectivity index (χ1v) is 7.28. The van der Waals surface area contributed by atoms with Crippen LogP contribution in [-0.2, 0) is 16.4 Å². The first-order chi connectivity index (χ1) is 8.37. The molecule has 0 aromatic carbocycles. The molecule has 18 heavy (non-hydrogen) atoms. The average molecular weight is 274 g/mol. The van der Waals surface area contributed by atoms with Crippen LogP contribution in [0, 0.1) is 0 Å². The number of hydrogen-bond donors (Lipinski definition) is 1. The topological polar surface area (TPSA) is 101 Å². The maximum atomic E-state index is 11.3. The molecule has 8 heteroatoms. The van der Waals surface area contributed by atoms with Crippen LogP contribution in [0.5, 0.6) is 0 Å². The van der Waals surface area contributed by atoms with Gasteiger partial charge in [-0.2, -0.15) is 0 Å². The molecule has 1 aliphatic rings. The van der Waals surface area contributed by atoms with Crippen LogP contribution in [-0.4, -0.2) is 54.0 Å². The lowest BCUT2D eigenvalue weighted by Gasteiger charge is -2.20. The van der Waals surface area contributed by atoms with E-state index in [1.807, 2.05) is 4.90 Å². The van der Waals surface area contributed by atoms with E-state index in [4.69, 9.17) is 9.52 Å². The zero-order valence-electron chi connectivity index (χ0n) is 9.87. The van der Waals surface area contributed by atoms with Crippen LogP contribution < -0.4 is 0 Å². The van der Waals surface area contributed by atoms with Crippen LogP contribution in [0.2, 0.25) is 0 Å². The van der Waals surface area contributed by atoms with Crippen molar-refractivity contribution in [1.82, 2.24) is 9.88 Å². The molecule has 1 atom stereocenters. The van der Waals surface area contributed by atoms with Gasteiger partial charge in [-0.15, -0.1) is 0 Å².